The van der Waals surface area contributed by atoms with Crippen LogP contribution in [-0.2, 0) is 0 Å². The van der Waals surface area contributed by atoms with Crippen molar-refractivity contribution in [2.75, 3.05) is 27.3 Å². The Bertz CT molecular complexity index is 326. The van der Waals surface area contributed by atoms with E-state index in [2.05, 4.69) is 5.32 Å². The zero-order valence-corrected chi connectivity index (χ0v) is 9.66. The first-order valence-corrected chi connectivity index (χ1v) is 5.42. The van der Waals surface area contributed by atoms with Crippen LogP contribution in [0, 0.1) is 0 Å². The Morgan fingerprint density at radius 2 is 1.69 bits per heavy atom. The quantitative estimate of drug-likeness (QED) is 0.838. The first kappa shape index (κ1) is 11.1. The van der Waals surface area contributed by atoms with Gasteiger partial charge in [-0.2, -0.15) is 0 Å². The average Bonchev–Trinajstić information content (AvgIpc) is 2.81. The lowest BCUT2D eigenvalue weighted by molar-refractivity contribution is 0.221. The normalized spacial score (nSPS) is 19.5. The molecule has 1 saturated heterocycles. The molecule has 0 bridgehead atoms. The average molecular weight is 223 g/mol. The van der Waals surface area contributed by atoms with Crippen LogP contribution in [0.1, 0.15) is 6.42 Å². The van der Waals surface area contributed by atoms with Gasteiger partial charge in [-0.3, -0.25) is 0 Å². The highest BCUT2D eigenvalue weighted by Gasteiger charge is 2.16. The zero-order chi connectivity index (χ0) is 11.4. The molecule has 1 aromatic carbocycles. The second kappa shape index (κ2) is 5.07. The van der Waals surface area contributed by atoms with E-state index < -0.39 is 0 Å². The first-order valence-electron chi connectivity index (χ1n) is 5.42. The van der Waals surface area contributed by atoms with Gasteiger partial charge >= 0.3 is 0 Å². The van der Waals surface area contributed by atoms with E-state index in [1.54, 1.807) is 14.2 Å². The lowest BCUT2D eigenvalue weighted by atomic mass is 10.3. The van der Waals surface area contributed by atoms with Crippen LogP contribution in [0.15, 0.2) is 18.2 Å². The standard InChI is InChI=1S/C12H17NO3/c1-14-10-5-11(15-2)7-12(6-10)16-9-3-4-13-8-9/h5-7,9,13H,3-4,8H2,1-2H3/t9-/m0/s1. The summed E-state index contributed by atoms with van der Waals surface area (Å²) in [7, 11) is 3.27. The van der Waals surface area contributed by atoms with E-state index in [0.29, 0.717) is 0 Å². The molecular weight excluding hydrogens is 206 g/mol. The summed E-state index contributed by atoms with van der Waals surface area (Å²) in [6.07, 6.45) is 1.29. The van der Waals surface area contributed by atoms with Gasteiger partial charge in [0.15, 0.2) is 0 Å². The molecule has 1 heterocycles. The topological polar surface area (TPSA) is 39.7 Å². The molecule has 4 nitrogen and oxygen atoms in total. The van der Waals surface area contributed by atoms with Crippen molar-refractivity contribution in [1.29, 1.82) is 0 Å². The number of rotatable bonds is 4. The van der Waals surface area contributed by atoms with Crippen molar-refractivity contribution in [3.63, 3.8) is 0 Å². The van der Waals surface area contributed by atoms with Gasteiger partial charge in [0, 0.05) is 24.7 Å². The Balaban J connectivity index is 2.12. The number of methoxy groups -OCH3 is 2. The van der Waals surface area contributed by atoms with Crippen LogP contribution in [-0.4, -0.2) is 33.4 Å². The molecule has 0 aromatic heterocycles. The van der Waals surface area contributed by atoms with Crippen molar-refractivity contribution in [3.8, 4) is 17.2 Å². The lowest BCUT2D eigenvalue weighted by Crippen LogP contribution is -2.19. The Kier molecular flexibility index (Phi) is 3.51. The fourth-order valence-corrected chi connectivity index (χ4v) is 1.77. The minimum atomic E-state index is 0.247. The lowest BCUT2D eigenvalue weighted by Gasteiger charge is -2.14. The molecule has 1 fully saturated rings. The van der Waals surface area contributed by atoms with Gasteiger partial charge in [0.05, 0.1) is 14.2 Å². The molecule has 1 aliphatic heterocycles. The van der Waals surface area contributed by atoms with E-state index in [0.717, 1.165) is 36.8 Å². The summed E-state index contributed by atoms with van der Waals surface area (Å²) in [5, 5.41) is 3.26. The Hall–Kier alpha value is -1.42. The summed E-state index contributed by atoms with van der Waals surface area (Å²) in [6, 6.07) is 5.58. The number of nitrogens with one attached hydrogen (secondary N) is 1. The van der Waals surface area contributed by atoms with E-state index in [-0.39, 0.29) is 6.10 Å². The smallest absolute Gasteiger partial charge is 0.127 e. The summed E-state index contributed by atoms with van der Waals surface area (Å²) >= 11 is 0. The van der Waals surface area contributed by atoms with Crippen molar-refractivity contribution in [3.05, 3.63) is 18.2 Å². The third kappa shape index (κ3) is 2.58. The number of hydrogen-bond donors (Lipinski definition) is 1. The van der Waals surface area contributed by atoms with Gasteiger partial charge in [-0.15, -0.1) is 0 Å². The SMILES string of the molecule is COc1cc(OC)cc(O[C@H]2CCNC2)c1. The van der Waals surface area contributed by atoms with Crippen LogP contribution < -0.4 is 19.5 Å². The highest BCUT2D eigenvalue weighted by atomic mass is 16.5. The number of benzene rings is 1. The van der Waals surface area contributed by atoms with Crippen LogP contribution in [0.25, 0.3) is 0 Å². The van der Waals surface area contributed by atoms with E-state index in [1.807, 2.05) is 18.2 Å². The number of ether oxygens (including phenoxy) is 3. The van der Waals surface area contributed by atoms with Gasteiger partial charge in [-0.25, -0.2) is 0 Å². The van der Waals surface area contributed by atoms with Gasteiger partial charge in [0.2, 0.25) is 0 Å². The zero-order valence-electron chi connectivity index (χ0n) is 9.66. The van der Waals surface area contributed by atoms with E-state index in [9.17, 15) is 0 Å². The Labute approximate surface area is 95.5 Å². The van der Waals surface area contributed by atoms with Crippen LogP contribution in [0.2, 0.25) is 0 Å². The van der Waals surface area contributed by atoms with Gasteiger partial charge in [-0.1, -0.05) is 0 Å². The van der Waals surface area contributed by atoms with Gasteiger partial charge < -0.3 is 19.5 Å². The summed E-state index contributed by atoms with van der Waals surface area (Å²) in [4.78, 5) is 0. The molecule has 16 heavy (non-hydrogen) atoms. The molecule has 0 amide bonds. The summed E-state index contributed by atoms with van der Waals surface area (Å²) in [5.74, 6) is 2.30. The van der Waals surface area contributed by atoms with E-state index >= 15 is 0 Å². The maximum Gasteiger partial charge on any atom is 0.127 e. The van der Waals surface area contributed by atoms with Crippen molar-refractivity contribution in [1.82, 2.24) is 5.32 Å². The molecule has 4 heteroatoms. The van der Waals surface area contributed by atoms with Gasteiger partial charge in [0.25, 0.3) is 0 Å². The molecule has 1 aliphatic rings. The van der Waals surface area contributed by atoms with E-state index in [4.69, 9.17) is 14.2 Å². The molecule has 2 rings (SSSR count). The summed E-state index contributed by atoms with van der Waals surface area (Å²) in [5.41, 5.74) is 0. The predicted molar refractivity (Wildman–Crippen MR) is 61.4 cm³/mol. The summed E-state index contributed by atoms with van der Waals surface area (Å²) in [6.45, 7) is 1.92. The maximum absolute atomic E-state index is 5.84. The third-order valence-electron chi connectivity index (χ3n) is 2.64. The van der Waals surface area contributed by atoms with Gasteiger partial charge in [-0.05, 0) is 13.0 Å². The first-order chi connectivity index (χ1) is 7.81. The maximum atomic E-state index is 5.84. The fraction of sp³-hybridized carbons (Fsp3) is 0.500. The monoisotopic (exact) mass is 223 g/mol. The van der Waals surface area contributed by atoms with Crippen molar-refractivity contribution in [2.45, 2.75) is 12.5 Å². The minimum absolute atomic E-state index is 0.247. The molecule has 1 aromatic rings. The molecule has 0 aliphatic carbocycles. The predicted octanol–water partition coefficient (Wildman–Crippen LogP) is 1.44. The van der Waals surface area contributed by atoms with Gasteiger partial charge in [0.1, 0.15) is 23.4 Å². The molecule has 0 unspecified atom stereocenters. The second-order valence-corrected chi connectivity index (χ2v) is 3.78. The number of hydrogen-bond acceptors (Lipinski definition) is 4. The van der Waals surface area contributed by atoms with Crippen LogP contribution in [0.3, 0.4) is 0 Å². The third-order valence-corrected chi connectivity index (χ3v) is 2.64. The highest BCUT2D eigenvalue weighted by molar-refractivity contribution is 5.42. The molecule has 0 spiro atoms. The van der Waals surface area contributed by atoms with Crippen molar-refractivity contribution in [2.24, 2.45) is 0 Å². The largest absolute Gasteiger partial charge is 0.496 e. The molecule has 0 saturated carbocycles. The molecule has 1 N–H and O–H groups in total. The van der Waals surface area contributed by atoms with Crippen LogP contribution >= 0.6 is 0 Å². The van der Waals surface area contributed by atoms with Crippen molar-refractivity contribution >= 4 is 0 Å². The van der Waals surface area contributed by atoms with E-state index in [1.165, 1.54) is 0 Å². The molecule has 88 valence electrons. The van der Waals surface area contributed by atoms with Crippen LogP contribution in [0.5, 0.6) is 17.2 Å². The molecule has 1 atom stereocenters. The Morgan fingerprint density at radius 1 is 1.06 bits per heavy atom. The van der Waals surface area contributed by atoms with Crippen LogP contribution in [0.4, 0.5) is 0 Å². The highest BCUT2D eigenvalue weighted by Crippen LogP contribution is 2.28. The molecular formula is C12H17NO3. The summed E-state index contributed by atoms with van der Waals surface area (Å²) < 4.78 is 16.2. The van der Waals surface area contributed by atoms with Crippen molar-refractivity contribution < 1.29 is 14.2 Å². The minimum Gasteiger partial charge on any atom is -0.496 e. The second-order valence-electron chi connectivity index (χ2n) is 3.78. The fourth-order valence-electron chi connectivity index (χ4n) is 1.77. The Morgan fingerprint density at radius 3 is 2.19 bits per heavy atom. The molecule has 0 radical (unpaired) electrons.